The predicted molar refractivity (Wildman–Crippen MR) is 170 cm³/mol. The molecule has 0 aromatic rings. The lowest BCUT2D eigenvalue weighted by atomic mass is 9.99. The van der Waals surface area contributed by atoms with Gasteiger partial charge in [0.25, 0.3) is 0 Å². The fourth-order valence-electron chi connectivity index (χ4n) is 1.83. The molecule has 0 heterocycles. The van der Waals surface area contributed by atoms with Gasteiger partial charge in [-0.3, -0.25) is 0 Å². The first-order valence-corrected chi connectivity index (χ1v) is 16.0. The zero-order valence-corrected chi connectivity index (χ0v) is 32.6. The number of hydrogen-bond donors (Lipinski definition) is 0. The molecule has 0 rings (SSSR count). The van der Waals surface area contributed by atoms with E-state index in [-0.39, 0.29) is 0 Å². The van der Waals surface area contributed by atoms with E-state index in [0.29, 0.717) is 0 Å². The van der Waals surface area contributed by atoms with Crippen molar-refractivity contribution in [3.8, 4) is 0 Å². The average Bonchev–Trinajstić information content (AvgIpc) is 2.58. The smallest absolute Gasteiger partial charge is 0.0985 e. The highest BCUT2D eigenvalue weighted by Gasteiger charge is 2.84. The SMILES string of the molecule is CC(Cl)(Cl)C(Cl)(Cl)C(Cl)(Cl)C(Cl)(Cl)C(Cl)(Cl)C(Cl)(Cl)C(Cl)(Cl)C(Cl)(Cl)C(Cl)(Cl)C(Cl)(Cl)C(Cl)(Cl)Cl. The van der Waals surface area contributed by atoms with Crippen LogP contribution in [-0.4, -0.2) is 47.1 Å². The van der Waals surface area contributed by atoms with Crippen molar-refractivity contribution in [2.45, 2.75) is 54.0 Å². The monoisotopic (exact) mass is 951 g/mol. The van der Waals surface area contributed by atoms with Gasteiger partial charge in [-0.2, -0.15) is 0 Å². The molecule has 0 unspecified atom stereocenters. The summed E-state index contributed by atoms with van der Waals surface area (Å²) in [4.78, 5) is 0. The summed E-state index contributed by atoms with van der Waals surface area (Å²) in [7, 11) is 0. The van der Waals surface area contributed by atoms with Crippen LogP contribution in [0, 0.1) is 0 Å². The number of rotatable bonds is 9. The lowest BCUT2D eigenvalue weighted by molar-refractivity contribution is 0.422. The molecule has 0 spiro atoms. The van der Waals surface area contributed by atoms with Crippen molar-refractivity contribution in [3.05, 3.63) is 0 Å². The molecule has 35 heavy (non-hydrogen) atoms. The van der Waals surface area contributed by atoms with Crippen LogP contribution < -0.4 is 0 Å². The van der Waals surface area contributed by atoms with Crippen molar-refractivity contribution >= 4 is 267 Å². The van der Waals surface area contributed by atoms with Gasteiger partial charge in [0.15, 0.2) is 39.0 Å². The molecule has 0 saturated heterocycles. The Labute approximate surface area is 316 Å². The summed E-state index contributed by atoms with van der Waals surface area (Å²) < 4.78 is -32.5. The lowest BCUT2D eigenvalue weighted by Crippen LogP contribution is -2.73. The summed E-state index contributed by atoms with van der Waals surface area (Å²) in [6.45, 7) is 1.06. The zero-order valence-electron chi connectivity index (χ0n) is 15.2. The second-order valence-electron chi connectivity index (χ2n) is 6.56. The van der Waals surface area contributed by atoms with Crippen LogP contribution in [0.25, 0.3) is 0 Å². The van der Waals surface area contributed by atoms with Gasteiger partial charge in [0.1, 0.15) is 0 Å². The van der Waals surface area contributed by atoms with Gasteiger partial charge in [0, 0.05) is 0 Å². The van der Waals surface area contributed by atoms with Crippen LogP contribution in [0.5, 0.6) is 0 Å². The van der Waals surface area contributed by atoms with Crippen LogP contribution in [0.15, 0.2) is 0 Å². The van der Waals surface area contributed by atoms with E-state index in [1.165, 1.54) is 0 Å². The highest BCUT2D eigenvalue weighted by Crippen LogP contribution is 2.75. The third-order valence-corrected chi connectivity index (χ3v) is 19.9. The van der Waals surface area contributed by atoms with E-state index in [4.69, 9.17) is 267 Å². The highest BCUT2D eigenvalue weighted by molar-refractivity contribution is 6.84. The Morgan fingerprint density at radius 2 is 0.371 bits per heavy atom. The second-order valence-corrected chi connectivity index (χ2v) is 22.5. The molecular formula is C12H3Cl23. The Morgan fingerprint density at radius 1 is 0.229 bits per heavy atom. The molecule has 0 saturated carbocycles. The van der Waals surface area contributed by atoms with Crippen LogP contribution in [0.1, 0.15) is 6.92 Å². The minimum Gasteiger partial charge on any atom is -0.0985 e. The zero-order chi connectivity index (χ0) is 29.5. The molecule has 0 aliphatic carbocycles. The standard InChI is InChI=1S/C12H3Cl23/c1-2(13,14)3(15,16)4(17,18)5(19,20)6(21,22)7(23,24)8(25,26)9(27,28)10(29,30)11(31,32)12(33,34)35/h1H3. The Bertz CT molecular complexity index is 711. The molecular weight excluding hydrogens is 960 g/mol. The molecule has 0 aliphatic heterocycles. The van der Waals surface area contributed by atoms with Gasteiger partial charge in [-0.15, -0.1) is 0 Å². The Morgan fingerprint density at radius 3 is 0.514 bits per heavy atom. The molecule has 23 heteroatoms. The summed E-state index contributed by atoms with van der Waals surface area (Å²) in [5.41, 5.74) is 0. The van der Waals surface area contributed by atoms with Crippen LogP contribution >= 0.6 is 267 Å². The maximum atomic E-state index is 6.36. The fraction of sp³-hybridized carbons (Fsp3) is 1.00. The molecule has 0 aliphatic rings. The van der Waals surface area contributed by atoms with Gasteiger partial charge in [-0.1, -0.05) is 267 Å². The first kappa shape index (κ1) is 41.7. The van der Waals surface area contributed by atoms with E-state index in [1.807, 2.05) is 0 Å². The van der Waals surface area contributed by atoms with Crippen molar-refractivity contribution in [1.29, 1.82) is 0 Å². The van der Waals surface area contributed by atoms with Gasteiger partial charge >= 0.3 is 0 Å². The van der Waals surface area contributed by atoms with Crippen LogP contribution in [0.4, 0.5) is 0 Å². The third-order valence-electron chi connectivity index (χ3n) is 4.06. The molecule has 0 aromatic carbocycles. The molecule has 0 radical (unpaired) electrons. The molecule has 0 nitrogen and oxygen atoms in total. The van der Waals surface area contributed by atoms with Crippen molar-refractivity contribution in [3.63, 3.8) is 0 Å². The molecule has 0 bridgehead atoms. The number of alkyl halides is 23. The van der Waals surface area contributed by atoms with Gasteiger partial charge in [0.05, 0.1) is 0 Å². The van der Waals surface area contributed by atoms with Crippen molar-refractivity contribution in [2.75, 3.05) is 0 Å². The topological polar surface area (TPSA) is 0 Å². The van der Waals surface area contributed by atoms with Crippen LogP contribution in [0.2, 0.25) is 0 Å². The minimum atomic E-state index is -3.25. The molecule has 0 fully saturated rings. The second kappa shape index (κ2) is 12.1. The van der Waals surface area contributed by atoms with E-state index in [9.17, 15) is 0 Å². The van der Waals surface area contributed by atoms with Crippen LogP contribution in [-0.2, 0) is 0 Å². The largest absolute Gasteiger partial charge is 0.226 e. The maximum absolute atomic E-state index is 6.36. The van der Waals surface area contributed by atoms with Gasteiger partial charge < -0.3 is 0 Å². The lowest BCUT2D eigenvalue weighted by Gasteiger charge is -2.56. The van der Waals surface area contributed by atoms with Gasteiger partial charge in [-0.05, 0) is 6.92 Å². The maximum Gasteiger partial charge on any atom is 0.226 e. The summed E-state index contributed by atoms with van der Waals surface area (Å²) in [5, 5.41) is 0. The number of hydrogen-bond acceptors (Lipinski definition) is 0. The van der Waals surface area contributed by atoms with E-state index in [2.05, 4.69) is 0 Å². The summed E-state index contributed by atoms with van der Waals surface area (Å²) in [6, 6.07) is 0. The van der Waals surface area contributed by atoms with E-state index in [0.717, 1.165) is 6.92 Å². The Balaban J connectivity index is 7.15. The molecule has 0 N–H and O–H groups in total. The molecule has 212 valence electrons. The van der Waals surface area contributed by atoms with Gasteiger partial charge in [0.2, 0.25) is 8.13 Å². The fourth-order valence-corrected chi connectivity index (χ4v) is 9.01. The minimum absolute atomic E-state index is 1.06. The number of halogens is 23. The average molecular weight is 963 g/mol. The molecule has 0 aromatic heterocycles. The van der Waals surface area contributed by atoms with Gasteiger partial charge in [-0.25, -0.2) is 0 Å². The summed E-state index contributed by atoms with van der Waals surface area (Å²) in [5.74, 6) is 0. The van der Waals surface area contributed by atoms with Crippen molar-refractivity contribution in [1.82, 2.24) is 0 Å². The normalized spacial score (nSPS) is 17.1. The van der Waals surface area contributed by atoms with E-state index < -0.39 is 47.1 Å². The highest BCUT2D eigenvalue weighted by atomic mass is 35.6. The quantitative estimate of drug-likeness (QED) is 0.202. The summed E-state index contributed by atoms with van der Waals surface area (Å²) >= 11 is 142. The summed E-state index contributed by atoms with van der Waals surface area (Å²) in [6.07, 6.45) is 0. The van der Waals surface area contributed by atoms with Crippen molar-refractivity contribution < 1.29 is 0 Å². The van der Waals surface area contributed by atoms with Crippen LogP contribution in [0.3, 0.4) is 0 Å². The predicted octanol–water partition coefficient (Wildman–Crippen LogP) is 14.1. The third kappa shape index (κ3) is 6.51. The first-order valence-electron chi connectivity index (χ1n) is 7.35. The van der Waals surface area contributed by atoms with E-state index >= 15 is 0 Å². The van der Waals surface area contributed by atoms with E-state index in [1.54, 1.807) is 0 Å². The first-order chi connectivity index (χ1) is 14.5. The molecule has 0 atom stereocenters. The molecule has 0 amide bonds. The Kier molecular flexibility index (Phi) is 14.4. The van der Waals surface area contributed by atoms with Crippen molar-refractivity contribution in [2.24, 2.45) is 0 Å². The Hall–Kier alpha value is 6.67.